The van der Waals surface area contributed by atoms with Crippen LogP contribution < -0.4 is 15.4 Å². The van der Waals surface area contributed by atoms with Gasteiger partial charge >= 0.3 is 0 Å². The summed E-state index contributed by atoms with van der Waals surface area (Å²) in [7, 11) is 1.55. The number of methoxy groups -OCH3 is 1. The number of carbonyl (C=O) groups excluding carboxylic acids is 2. The number of amides is 2. The first-order valence-corrected chi connectivity index (χ1v) is 11.2. The van der Waals surface area contributed by atoms with Crippen molar-refractivity contribution in [3.63, 3.8) is 0 Å². The van der Waals surface area contributed by atoms with Crippen LogP contribution in [0.25, 0.3) is 10.9 Å². The molecule has 0 unspecified atom stereocenters. The molecule has 6 nitrogen and oxygen atoms in total. The predicted octanol–water partition coefficient (Wildman–Crippen LogP) is 5.25. The lowest BCUT2D eigenvalue weighted by Gasteiger charge is -2.26. The molecule has 1 saturated carbocycles. The van der Waals surface area contributed by atoms with Crippen molar-refractivity contribution in [3.05, 3.63) is 59.0 Å². The Balaban J connectivity index is 1.57. The van der Waals surface area contributed by atoms with E-state index in [1.807, 2.05) is 19.1 Å². The minimum absolute atomic E-state index is 0.283. The van der Waals surface area contributed by atoms with E-state index in [-0.39, 0.29) is 6.04 Å². The molecule has 0 atom stereocenters. The van der Waals surface area contributed by atoms with E-state index in [1.165, 1.54) is 6.42 Å². The van der Waals surface area contributed by atoms with Gasteiger partial charge in [0.2, 0.25) is 5.91 Å². The fraction of sp³-hybridized carbons (Fsp3) is 0.360. The first-order chi connectivity index (χ1) is 16.3. The molecule has 1 aromatic heterocycles. The molecule has 9 heteroatoms. The molecule has 1 aliphatic carbocycles. The second-order valence-corrected chi connectivity index (χ2v) is 8.46. The highest BCUT2D eigenvalue weighted by Crippen LogP contribution is 2.37. The maximum absolute atomic E-state index is 13.8. The molecule has 1 fully saturated rings. The average molecular weight is 473 g/mol. The fourth-order valence-electron chi connectivity index (χ4n) is 4.71. The Hall–Kier alpha value is -3.49. The third-order valence-electron chi connectivity index (χ3n) is 6.34. The quantitative estimate of drug-likeness (QED) is 0.481. The van der Waals surface area contributed by atoms with Crippen LogP contribution in [0.1, 0.15) is 54.2 Å². The van der Waals surface area contributed by atoms with Crippen molar-refractivity contribution >= 4 is 28.4 Å². The summed E-state index contributed by atoms with van der Waals surface area (Å²) in [5, 5.41) is 5.42. The summed E-state index contributed by atoms with van der Waals surface area (Å²) in [6.07, 6.45) is 5.51. The number of fused-ring (bicyclic) bond motifs is 1. The van der Waals surface area contributed by atoms with Crippen molar-refractivity contribution in [2.75, 3.05) is 19.0 Å². The molecule has 1 aliphatic rings. The molecule has 2 aromatic carbocycles. The van der Waals surface area contributed by atoms with Crippen LogP contribution in [0.4, 0.5) is 18.9 Å². The molecule has 0 radical (unpaired) electrons. The van der Waals surface area contributed by atoms with Gasteiger partial charge in [-0.3, -0.25) is 9.59 Å². The standard InChI is InChI=1S/C25H26F3N3O3/c1-14-22(25(33)29-13-21(32)30-19-10-9-18(26)23(27)24(19)28)17-12-16(34-2)8-11-20(17)31(14)15-6-4-3-5-7-15/h8-12,15H,3-7,13H2,1-2H3,(H,29,33)(H,30,32). The highest BCUT2D eigenvalue weighted by Gasteiger charge is 2.26. The predicted molar refractivity (Wildman–Crippen MR) is 123 cm³/mol. The van der Waals surface area contributed by atoms with E-state index in [9.17, 15) is 22.8 Å². The van der Waals surface area contributed by atoms with E-state index in [0.29, 0.717) is 22.8 Å². The van der Waals surface area contributed by atoms with Crippen LogP contribution in [0, 0.1) is 24.4 Å². The Morgan fingerprint density at radius 1 is 1.06 bits per heavy atom. The van der Waals surface area contributed by atoms with Crippen molar-refractivity contribution in [1.29, 1.82) is 0 Å². The summed E-state index contributed by atoms with van der Waals surface area (Å²) in [6, 6.07) is 7.50. The average Bonchev–Trinajstić information content (AvgIpc) is 3.14. The second-order valence-electron chi connectivity index (χ2n) is 8.46. The van der Waals surface area contributed by atoms with Crippen LogP contribution in [0.5, 0.6) is 5.75 Å². The first kappa shape index (κ1) is 23.7. The lowest BCUT2D eigenvalue weighted by molar-refractivity contribution is -0.115. The largest absolute Gasteiger partial charge is 0.497 e. The third kappa shape index (κ3) is 4.47. The van der Waals surface area contributed by atoms with Crippen LogP contribution in [-0.4, -0.2) is 30.0 Å². The molecule has 0 saturated heterocycles. The second kappa shape index (κ2) is 9.79. The molecule has 180 valence electrons. The minimum Gasteiger partial charge on any atom is -0.497 e. The number of nitrogens with zero attached hydrogens (tertiary/aromatic N) is 1. The van der Waals surface area contributed by atoms with Crippen LogP contribution in [0.15, 0.2) is 30.3 Å². The number of rotatable bonds is 6. The summed E-state index contributed by atoms with van der Waals surface area (Å²) >= 11 is 0. The number of anilines is 1. The van der Waals surface area contributed by atoms with Gasteiger partial charge in [-0.2, -0.15) is 0 Å². The van der Waals surface area contributed by atoms with Crippen molar-refractivity contribution in [2.24, 2.45) is 0 Å². The molecule has 3 aromatic rings. The van der Waals surface area contributed by atoms with E-state index < -0.39 is 41.5 Å². The number of carbonyl (C=O) groups is 2. The van der Waals surface area contributed by atoms with Gasteiger partial charge in [-0.25, -0.2) is 13.2 Å². The van der Waals surface area contributed by atoms with Crippen molar-refractivity contribution < 1.29 is 27.5 Å². The van der Waals surface area contributed by atoms with Gasteiger partial charge in [0.1, 0.15) is 5.75 Å². The van der Waals surface area contributed by atoms with Crippen molar-refractivity contribution in [1.82, 2.24) is 9.88 Å². The number of aromatic nitrogens is 1. The Kier molecular flexibility index (Phi) is 6.81. The van der Waals surface area contributed by atoms with Gasteiger partial charge in [0.25, 0.3) is 5.91 Å². The maximum atomic E-state index is 13.8. The normalized spacial score (nSPS) is 14.3. The summed E-state index contributed by atoms with van der Waals surface area (Å²) in [6.45, 7) is 1.41. The fourth-order valence-corrected chi connectivity index (χ4v) is 4.71. The van der Waals surface area contributed by atoms with E-state index in [4.69, 9.17) is 4.74 Å². The SMILES string of the molecule is COc1ccc2c(c1)c(C(=O)NCC(=O)Nc1ccc(F)c(F)c1F)c(C)n2C1CCCCC1. The monoisotopic (exact) mass is 473 g/mol. The van der Waals surface area contributed by atoms with Crippen LogP contribution >= 0.6 is 0 Å². The molecule has 0 bridgehead atoms. The summed E-state index contributed by atoms with van der Waals surface area (Å²) < 4.78 is 47.9. The zero-order valence-corrected chi connectivity index (χ0v) is 19.0. The van der Waals surface area contributed by atoms with Gasteiger partial charge in [-0.1, -0.05) is 19.3 Å². The van der Waals surface area contributed by atoms with Crippen molar-refractivity contribution in [2.45, 2.75) is 45.1 Å². The molecule has 0 spiro atoms. The molecule has 0 aliphatic heterocycles. The van der Waals surface area contributed by atoms with Gasteiger partial charge in [0, 0.05) is 22.6 Å². The number of hydrogen-bond donors (Lipinski definition) is 2. The van der Waals surface area contributed by atoms with E-state index in [0.717, 1.165) is 43.0 Å². The molecular formula is C25H26F3N3O3. The molecule has 2 amide bonds. The highest BCUT2D eigenvalue weighted by molar-refractivity contribution is 6.10. The van der Waals surface area contributed by atoms with Crippen LogP contribution in [0.2, 0.25) is 0 Å². The number of benzene rings is 2. The van der Waals surface area contributed by atoms with Crippen LogP contribution in [0.3, 0.4) is 0 Å². The van der Waals surface area contributed by atoms with Gasteiger partial charge < -0.3 is 19.9 Å². The number of hydrogen-bond acceptors (Lipinski definition) is 3. The van der Waals surface area contributed by atoms with E-state index in [1.54, 1.807) is 13.2 Å². The minimum atomic E-state index is -1.68. The van der Waals surface area contributed by atoms with Gasteiger partial charge in [0.15, 0.2) is 17.5 Å². The topological polar surface area (TPSA) is 72.4 Å². The van der Waals surface area contributed by atoms with E-state index >= 15 is 0 Å². The molecule has 4 rings (SSSR count). The number of halogens is 3. The number of ether oxygens (including phenoxy) is 1. The Labute approximate surface area is 195 Å². The maximum Gasteiger partial charge on any atom is 0.254 e. The zero-order valence-electron chi connectivity index (χ0n) is 19.0. The Morgan fingerprint density at radius 3 is 2.50 bits per heavy atom. The molecule has 1 heterocycles. The smallest absolute Gasteiger partial charge is 0.254 e. The highest BCUT2D eigenvalue weighted by atomic mass is 19.2. The van der Waals surface area contributed by atoms with Gasteiger partial charge in [-0.15, -0.1) is 0 Å². The number of nitrogens with one attached hydrogen (secondary N) is 2. The van der Waals surface area contributed by atoms with Crippen molar-refractivity contribution in [3.8, 4) is 5.75 Å². The van der Waals surface area contributed by atoms with E-state index in [2.05, 4.69) is 15.2 Å². The van der Waals surface area contributed by atoms with Gasteiger partial charge in [0.05, 0.1) is 24.9 Å². The molecule has 2 N–H and O–H groups in total. The Bertz CT molecular complexity index is 1250. The first-order valence-electron chi connectivity index (χ1n) is 11.2. The summed E-state index contributed by atoms with van der Waals surface area (Å²) in [5.41, 5.74) is 1.64. The zero-order chi connectivity index (χ0) is 24.4. The molecular weight excluding hydrogens is 447 g/mol. The summed E-state index contributed by atoms with van der Waals surface area (Å²) in [5.74, 6) is -5.17. The molecule has 34 heavy (non-hydrogen) atoms. The third-order valence-corrected chi connectivity index (χ3v) is 6.34. The summed E-state index contributed by atoms with van der Waals surface area (Å²) in [4.78, 5) is 25.4. The lowest BCUT2D eigenvalue weighted by Crippen LogP contribution is -2.33. The lowest BCUT2D eigenvalue weighted by atomic mass is 9.95. The van der Waals surface area contributed by atoms with Gasteiger partial charge in [-0.05, 0) is 50.1 Å². The van der Waals surface area contributed by atoms with Crippen LogP contribution in [-0.2, 0) is 4.79 Å². The Morgan fingerprint density at radius 2 is 1.79 bits per heavy atom.